The minimum absolute atomic E-state index is 0.886. The molecule has 2 heterocycles. The van der Waals surface area contributed by atoms with Crippen LogP contribution in [0.3, 0.4) is 0 Å². The summed E-state index contributed by atoms with van der Waals surface area (Å²) in [6.45, 7) is 0. The molecule has 0 aliphatic heterocycles. The van der Waals surface area contributed by atoms with E-state index in [-0.39, 0.29) is 0 Å². The number of hydrogen-bond acceptors (Lipinski definition) is 2. The van der Waals surface area contributed by atoms with E-state index in [0.29, 0.717) is 0 Å². The predicted octanol–water partition coefficient (Wildman–Crippen LogP) is 3.14. The van der Waals surface area contributed by atoms with Crippen molar-refractivity contribution in [3.8, 4) is 22.6 Å². The van der Waals surface area contributed by atoms with E-state index in [0.717, 1.165) is 22.6 Å². The highest BCUT2D eigenvalue weighted by molar-refractivity contribution is 5.63. The second-order valence-electron chi connectivity index (χ2n) is 3.75. The molecule has 3 rings (SSSR count). The lowest BCUT2D eigenvalue weighted by Crippen LogP contribution is -1.80. The summed E-state index contributed by atoms with van der Waals surface area (Å²) in [6, 6.07) is 14.0. The van der Waals surface area contributed by atoms with Gasteiger partial charge in [0.25, 0.3) is 0 Å². The van der Waals surface area contributed by atoms with Crippen LogP contribution in [0.15, 0.2) is 61.1 Å². The van der Waals surface area contributed by atoms with Crippen LogP contribution in [0.2, 0.25) is 0 Å². The SMILES string of the molecule is c1ccc(-c2ncc(-c3ccncc3)[nH]2)cc1. The highest BCUT2D eigenvalue weighted by Gasteiger charge is 2.04. The Balaban J connectivity index is 1.99. The van der Waals surface area contributed by atoms with Crippen molar-refractivity contribution < 1.29 is 0 Å². The van der Waals surface area contributed by atoms with Crippen molar-refractivity contribution in [1.82, 2.24) is 15.0 Å². The van der Waals surface area contributed by atoms with Crippen molar-refractivity contribution in [2.45, 2.75) is 0 Å². The Bertz CT molecular complexity index is 546. The standard InChI is InChI=1S/C14H11N3/c1-2-4-12(5-3-1)14-16-10-13(17-14)11-6-8-15-9-7-11/h1-10H,(H,16,17). The van der Waals surface area contributed by atoms with Gasteiger partial charge in [0, 0.05) is 23.5 Å². The summed E-state index contributed by atoms with van der Waals surface area (Å²) in [6.07, 6.45) is 5.40. The average molecular weight is 221 g/mol. The summed E-state index contributed by atoms with van der Waals surface area (Å²) in [5, 5.41) is 0. The quantitative estimate of drug-likeness (QED) is 0.722. The van der Waals surface area contributed by atoms with Crippen LogP contribution in [0.5, 0.6) is 0 Å². The second kappa shape index (κ2) is 4.22. The van der Waals surface area contributed by atoms with E-state index >= 15 is 0 Å². The van der Waals surface area contributed by atoms with Gasteiger partial charge < -0.3 is 4.98 Å². The van der Waals surface area contributed by atoms with E-state index in [4.69, 9.17) is 0 Å². The van der Waals surface area contributed by atoms with E-state index in [1.165, 1.54) is 0 Å². The fraction of sp³-hybridized carbons (Fsp3) is 0. The van der Waals surface area contributed by atoms with Gasteiger partial charge in [-0.05, 0) is 12.1 Å². The number of pyridine rings is 1. The number of hydrogen-bond donors (Lipinski definition) is 1. The zero-order valence-electron chi connectivity index (χ0n) is 9.17. The number of H-pyrrole nitrogens is 1. The van der Waals surface area contributed by atoms with Gasteiger partial charge in [0.15, 0.2) is 0 Å². The monoisotopic (exact) mass is 221 g/mol. The van der Waals surface area contributed by atoms with Crippen LogP contribution < -0.4 is 0 Å². The molecule has 3 nitrogen and oxygen atoms in total. The summed E-state index contributed by atoms with van der Waals surface area (Å²) in [5.41, 5.74) is 3.19. The molecule has 1 aromatic carbocycles. The number of aromatic nitrogens is 3. The van der Waals surface area contributed by atoms with Gasteiger partial charge in [0.2, 0.25) is 0 Å². The van der Waals surface area contributed by atoms with Crippen LogP contribution in [-0.4, -0.2) is 15.0 Å². The molecular weight excluding hydrogens is 210 g/mol. The molecule has 2 aromatic heterocycles. The predicted molar refractivity (Wildman–Crippen MR) is 67.3 cm³/mol. The highest BCUT2D eigenvalue weighted by Crippen LogP contribution is 2.20. The fourth-order valence-electron chi connectivity index (χ4n) is 1.74. The lowest BCUT2D eigenvalue weighted by atomic mass is 10.2. The van der Waals surface area contributed by atoms with E-state index in [9.17, 15) is 0 Å². The van der Waals surface area contributed by atoms with Crippen molar-refractivity contribution in [3.63, 3.8) is 0 Å². The molecule has 0 amide bonds. The first-order valence-corrected chi connectivity index (χ1v) is 5.44. The molecule has 0 fully saturated rings. The van der Waals surface area contributed by atoms with E-state index in [2.05, 4.69) is 15.0 Å². The Morgan fingerprint density at radius 3 is 2.35 bits per heavy atom. The minimum Gasteiger partial charge on any atom is -0.338 e. The maximum absolute atomic E-state index is 4.39. The minimum atomic E-state index is 0.886. The third-order valence-corrected chi connectivity index (χ3v) is 2.61. The Kier molecular flexibility index (Phi) is 2.43. The van der Waals surface area contributed by atoms with Gasteiger partial charge in [-0.1, -0.05) is 30.3 Å². The normalized spacial score (nSPS) is 10.4. The smallest absolute Gasteiger partial charge is 0.137 e. The van der Waals surface area contributed by atoms with E-state index in [1.54, 1.807) is 12.4 Å². The van der Waals surface area contributed by atoms with Crippen LogP contribution in [0.25, 0.3) is 22.6 Å². The summed E-state index contributed by atoms with van der Waals surface area (Å²) in [5.74, 6) is 0.886. The van der Waals surface area contributed by atoms with Gasteiger partial charge in [0.1, 0.15) is 5.82 Å². The Labute approximate surface area is 99.2 Å². The Morgan fingerprint density at radius 2 is 1.59 bits per heavy atom. The number of rotatable bonds is 2. The number of imidazole rings is 1. The van der Waals surface area contributed by atoms with Crippen LogP contribution in [0, 0.1) is 0 Å². The molecule has 0 aliphatic carbocycles. The molecule has 17 heavy (non-hydrogen) atoms. The van der Waals surface area contributed by atoms with Gasteiger partial charge >= 0.3 is 0 Å². The zero-order valence-corrected chi connectivity index (χ0v) is 9.17. The molecule has 0 radical (unpaired) electrons. The third kappa shape index (κ3) is 1.95. The summed E-state index contributed by atoms with van der Waals surface area (Å²) in [4.78, 5) is 11.7. The van der Waals surface area contributed by atoms with Gasteiger partial charge in [-0.2, -0.15) is 0 Å². The van der Waals surface area contributed by atoms with Crippen LogP contribution in [-0.2, 0) is 0 Å². The first-order valence-electron chi connectivity index (χ1n) is 5.44. The van der Waals surface area contributed by atoms with Crippen molar-refractivity contribution >= 4 is 0 Å². The molecule has 0 aliphatic rings. The molecular formula is C14H11N3. The summed E-state index contributed by atoms with van der Waals surface area (Å²) >= 11 is 0. The third-order valence-electron chi connectivity index (χ3n) is 2.61. The van der Waals surface area contributed by atoms with Gasteiger partial charge in [-0.25, -0.2) is 4.98 Å². The van der Waals surface area contributed by atoms with Crippen molar-refractivity contribution in [1.29, 1.82) is 0 Å². The lowest BCUT2D eigenvalue weighted by Gasteiger charge is -1.96. The molecule has 0 atom stereocenters. The molecule has 3 aromatic rings. The average Bonchev–Trinajstić information content (AvgIpc) is 2.90. The summed E-state index contributed by atoms with van der Waals surface area (Å²) in [7, 11) is 0. The topological polar surface area (TPSA) is 41.6 Å². The number of nitrogens with one attached hydrogen (secondary N) is 1. The van der Waals surface area contributed by atoms with Gasteiger partial charge in [0.05, 0.1) is 11.9 Å². The maximum Gasteiger partial charge on any atom is 0.137 e. The molecule has 0 saturated heterocycles. The number of nitrogens with zero attached hydrogens (tertiary/aromatic N) is 2. The first kappa shape index (κ1) is 9.78. The van der Waals surface area contributed by atoms with E-state index < -0.39 is 0 Å². The van der Waals surface area contributed by atoms with Crippen molar-refractivity contribution in [2.75, 3.05) is 0 Å². The Hall–Kier alpha value is -2.42. The highest BCUT2D eigenvalue weighted by atomic mass is 14.9. The maximum atomic E-state index is 4.39. The van der Waals surface area contributed by atoms with Gasteiger partial charge in [-0.15, -0.1) is 0 Å². The molecule has 1 N–H and O–H groups in total. The molecule has 0 bridgehead atoms. The van der Waals surface area contributed by atoms with E-state index in [1.807, 2.05) is 48.7 Å². The second-order valence-corrected chi connectivity index (χ2v) is 3.75. The van der Waals surface area contributed by atoms with Crippen molar-refractivity contribution in [2.24, 2.45) is 0 Å². The Morgan fingerprint density at radius 1 is 0.824 bits per heavy atom. The number of benzene rings is 1. The fourth-order valence-corrected chi connectivity index (χ4v) is 1.74. The zero-order chi connectivity index (χ0) is 11.5. The lowest BCUT2D eigenvalue weighted by molar-refractivity contribution is 1.30. The molecule has 0 spiro atoms. The molecule has 3 heteroatoms. The van der Waals surface area contributed by atoms with Crippen LogP contribution >= 0.6 is 0 Å². The first-order chi connectivity index (χ1) is 8.43. The van der Waals surface area contributed by atoms with Crippen LogP contribution in [0.1, 0.15) is 0 Å². The van der Waals surface area contributed by atoms with Gasteiger partial charge in [-0.3, -0.25) is 4.98 Å². The molecule has 0 saturated carbocycles. The molecule has 0 unspecified atom stereocenters. The summed E-state index contributed by atoms with van der Waals surface area (Å²) < 4.78 is 0. The largest absolute Gasteiger partial charge is 0.338 e. The number of aromatic amines is 1. The van der Waals surface area contributed by atoms with Crippen molar-refractivity contribution in [3.05, 3.63) is 61.1 Å². The molecule has 82 valence electrons. The van der Waals surface area contributed by atoms with Crippen LogP contribution in [0.4, 0.5) is 0 Å².